The van der Waals surface area contributed by atoms with Gasteiger partial charge in [-0.15, -0.1) is 0 Å². The van der Waals surface area contributed by atoms with E-state index in [1.165, 1.54) is 0 Å². The first kappa shape index (κ1) is 17.1. The van der Waals surface area contributed by atoms with Gasteiger partial charge in [-0.05, 0) is 49.6 Å². The van der Waals surface area contributed by atoms with Gasteiger partial charge in [0.1, 0.15) is 5.76 Å². The van der Waals surface area contributed by atoms with E-state index in [1.54, 1.807) is 19.1 Å². The highest BCUT2D eigenvalue weighted by Crippen LogP contribution is 2.23. The average Bonchev–Trinajstić information content (AvgIpc) is 3.07. The van der Waals surface area contributed by atoms with E-state index in [2.05, 4.69) is 10.2 Å². The standard InChI is InChI=1S/C19H23N3O3/c1-13-4-9-17(25-13)19(24)21-11-14-5-7-16(8-6-14)22-10-2-3-15(12-22)18(20)23/h4-9,15H,2-3,10-12H2,1H3,(H2,20,23)(H,21,24)/t15-/m0/s1. The molecule has 1 aliphatic heterocycles. The number of anilines is 1. The second-order valence-electron chi connectivity index (χ2n) is 6.45. The van der Waals surface area contributed by atoms with Gasteiger partial charge in [-0.3, -0.25) is 9.59 Å². The van der Waals surface area contributed by atoms with Crippen LogP contribution in [0, 0.1) is 12.8 Å². The molecule has 6 heteroatoms. The number of hydrogen-bond acceptors (Lipinski definition) is 4. The zero-order chi connectivity index (χ0) is 17.8. The number of piperidine rings is 1. The number of nitrogens with one attached hydrogen (secondary N) is 1. The summed E-state index contributed by atoms with van der Waals surface area (Å²) in [6, 6.07) is 11.4. The molecule has 3 rings (SSSR count). The monoisotopic (exact) mass is 341 g/mol. The first-order valence-electron chi connectivity index (χ1n) is 8.51. The van der Waals surface area contributed by atoms with Crippen LogP contribution in [0.2, 0.25) is 0 Å². The molecule has 1 aromatic carbocycles. The van der Waals surface area contributed by atoms with Crippen molar-refractivity contribution in [2.24, 2.45) is 11.7 Å². The van der Waals surface area contributed by atoms with Gasteiger partial charge in [-0.25, -0.2) is 0 Å². The average molecular weight is 341 g/mol. The summed E-state index contributed by atoms with van der Waals surface area (Å²) in [5.74, 6) is 0.504. The lowest BCUT2D eigenvalue weighted by molar-refractivity contribution is -0.122. The molecule has 0 spiro atoms. The van der Waals surface area contributed by atoms with Gasteiger partial charge in [-0.1, -0.05) is 12.1 Å². The third kappa shape index (κ3) is 4.21. The van der Waals surface area contributed by atoms with Crippen LogP contribution >= 0.6 is 0 Å². The summed E-state index contributed by atoms with van der Waals surface area (Å²) in [7, 11) is 0. The first-order valence-corrected chi connectivity index (χ1v) is 8.51. The Labute approximate surface area is 147 Å². The van der Waals surface area contributed by atoms with Crippen molar-refractivity contribution in [3.05, 3.63) is 53.5 Å². The number of benzene rings is 1. The highest BCUT2D eigenvalue weighted by Gasteiger charge is 2.24. The van der Waals surface area contributed by atoms with Crippen molar-refractivity contribution < 1.29 is 14.0 Å². The fraction of sp³-hybridized carbons (Fsp3) is 0.368. The van der Waals surface area contributed by atoms with Gasteiger partial charge in [0, 0.05) is 25.3 Å². The van der Waals surface area contributed by atoms with Gasteiger partial charge in [0.05, 0.1) is 5.92 Å². The predicted molar refractivity (Wildman–Crippen MR) is 95.2 cm³/mol. The molecular weight excluding hydrogens is 318 g/mol. The number of furan rings is 1. The number of primary amides is 1. The Kier molecular flexibility index (Phi) is 5.07. The number of hydrogen-bond donors (Lipinski definition) is 2. The maximum atomic E-state index is 12.0. The number of aryl methyl sites for hydroxylation is 1. The largest absolute Gasteiger partial charge is 0.456 e. The molecule has 132 valence electrons. The highest BCUT2D eigenvalue weighted by molar-refractivity contribution is 5.91. The number of rotatable bonds is 5. The molecule has 1 aliphatic rings. The topological polar surface area (TPSA) is 88.6 Å². The normalized spacial score (nSPS) is 17.3. The van der Waals surface area contributed by atoms with Crippen LogP contribution in [0.3, 0.4) is 0 Å². The van der Waals surface area contributed by atoms with Crippen LogP contribution in [0.25, 0.3) is 0 Å². The predicted octanol–water partition coefficient (Wildman–Crippen LogP) is 2.22. The molecule has 6 nitrogen and oxygen atoms in total. The minimum atomic E-state index is -0.225. The fourth-order valence-corrected chi connectivity index (χ4v) is 3.09. The van der Waals surface area contributed by atoms with E-state index in [1.807, 2.05) is 24.3 Å². The van der Waals surface area contributed by atoms with Crippen LogP contribution < -0.4 is 16.0 Å². The van der Waals surface area contributed by atoms with Gasteiger partial charge in [0.15, 0.2) is 5.76 Å². The SMILES string of the molecule is Cc1ccc(C(=O)NCc2ccc(N3CCC[C@H](C(N)=O)C3)cc2)o1. The zero-order valence-corrected chi connectivity index (χ0v) is 14.3. The Morgan fingerprint density at radius 2 is 2.00 bits per heavy atom. The molecule has 1 atom stereocenters. The molecule has 0 radical (unpaired) electrons. The molecule has 2 amide bonds. The van der Waals surface area contributed by atoms with Crippen LogP contribution in [0.15, 0.2) is 40.8 Å². The van der Waals surface area contributed by atoms with E-state index in [0.29, 0.717) is 24.6 Å². The van der Waals surface area contributed by atoms with Crippen molar-refractivity contribution in [1.82, 2.24) is 5.32 Å². The molecule has 1 aromatic heterocycles. The third-order valence-electron chi connectivity index (χ3n) is 4.54. The molecule has 1 saturated heterocycles. The summed E-state index contributed by atoms with van der Waals surface area (Å²) in [5.41, 5.74) is 7.51. The molecule has 3 N–H and O–H groups in total. The molecule has 0 unspecified atom stereocenters. The zero-order valence-electron chi connectivity index (χ0n) is 14.3. The Hall–Kier alpha value is -2.76. The van der Waals surface area contributed by atoms with Crippen LogP contribution in [0.4, 0.5) is 5.69 Å². The lowest BCUT2D eigenvalue weighted by atomic mass is 9.97. The minimum absolute atomic E-state index is 0.0792. The van der Waals surface area contributed by atoms with Crippen molar-refractivity contribution in [2.45, 2.75) is 26.3 Å². The maximum absolute atomic E-state index is 12.0. The fourth-order valence-electron chi connectivity index (χ4n) is 3.09. The summed E-state index contributed by atoms with van der Waals surface area (Å²) in [6.45, 7) is 3.84. The van der Waals surface area contributed by atoms with Crippen molar-refractivity contribution in [1.29, 1.82) is 0 Å². The smallest absolute Gasteiger partial charge is 0.287 e. The van der Waals surface area contributed by atoms with Crippen molar-refractivity contribution >= 4 is 17.5 Å². The van der Waals surface area contributed by atoms with Crippen LogP contribution in [0.1, 0.15) is 34.7 Å². The maximum Gasteiger partial charge on any atom is 0.287 e. The van der Waals surface area contributed by atoms with Gasteiger partial charge in [0.2, 0.25) is 5.91 Å². The number of amides is 2. The number of nitrogens with zero attached hydrogens (tertiary/aromatic N) is 1. The molecule has 25 heavy (non-hydrogen) atoms. The lowest BCUT2D eigenvalue weighted by Crippen LogP contribution is -2.41. The van der Waals surface area contributed by atoms with Gasteiger partial charge in [0.25, 0.3) is 5.91 Å². The Morgan fingerprint density at radius 3 is 2.64 bits per heavy atom. The van der Waals surface area contributed by atoms with E-state index in [4.69, 9.17) is 10.2 Å². The van der Waals surface area contributed by atoms with Crippen molar-refractivity contribution in [2.75, 3.05) is 18.0 Å². The Morgan fingerprint density at radius 1 is 1.24 bits per heavy atom. The van der Waals surface area contributed by atoms with Crippen molar-refractivity contribution in [3.8, 4) is 0 Å². The summed E-state index contributed by atoms with van der Waals surface area (Å²) >= 11 is 0. The van der Waals surface area contributed by atoms with Gasteiger partial charge in [-0.2, -0.15) is 0 Å². The molecular formula is C19H23N3O3. The molecule has 1 fully saturated rings. The summed E-state index contributed by atoms with van der Waals surface area (Å²) in [6.07, 6.45) is 1.83. The minimum Gasteiger partial charge on any atom is -0.456 e. The second kappa shape index (κ2) is 7.42. The van der Waals surface area contributed by atoms with E-state index >= 15 is 0 Å². The van der Waals surface area contributed by atoms with E-state index < -0.39 is 0 Å². The lowest BCUT2D eigenvalue weighted by Gasteiger charge is -2.33. The number of carbonyl (C=O) groups is 2. The second-order valence-corrected chi connectivity index (χ2v) is 6.45. The quantitative estimate of drug-likeness (QED) is 0.873. The third-order valence-corrected chi connectivity index (χ3v) is 4.54. The van der Waals surface area contributed by atoms with Crippen LogP contribution in [0.5, 0.6) is 0 Å². The molecule has 2 aromatic rings. The Bertz CT molecular complexity index is 752. The summed E-state index contributed by atoms with van der Waals surface area (Å²) < 4.78 is 5.31. The molecule has 0 aliphatic carbocycles. The van der Waals surface area contributed by atoms with E-state index in [9.17, 15) is 9.59 Å². The summed E-state index contributed by atoms with van der Waals surface area (Å²) in [4.78, 5) is 25.6. The number of carbonyl (C=O) groups excluding carboxylic acids is 2. The van der Waals surface area contributed by atoms with Crippen molar-refractivity contribution in [3.63, 3.8) is 0 Å². The van der Waals surface area contributed by atoms with Gasteiger partial charge < -0.3 is 20.4 Å². The van der Waals surface area contributed by atoms with E-state index in [0.717, 1.165) is 30.6 Å². The van der Waals surface area contributed by atoms with E-state index in [-0.39, 0.29) is 17.7 Å². The first-order chi connectivity index (χ1) is 12.0. The molecule has 0 bridgehead atoms. The number of nitrogens with two attached hydrogens (primary N) is 1. The molecule has 0 saturated carbocycles. The molecule has 2 heterocycles. The van der Waals surface area contributed by atoms with Crippen LogP contribution in [-0.4, -0.2) is 24.9 Å². The van der Waals surface area contributed by atoms with Gasteiger partial charge >= 0.3 is 0 Å². The Balaban J connectivity index is 1.57. The highest BCUT2D eigenvalue weighted by atomic mass is 16.3. The summed E-state index contributed by atoms with van der Waals surface area (Å²) in [5, 5.41) is 2.84. The van der Waals surface area contributed by atoms with Crippen LogP contribution in [-0.2, 0) is 11.3 Å².